The van der Waals surface area contributed by atoms with Crippen molar-refractivity contribution in [1.29, 1.82) is 0 Å². The second-order valence-corrected chi connectivity index (χ2v) is 7.29. The summed E-state index contributed by atoms with van der Waals surface area (Å²) in [4.78, 5) is 25.6. The molecule has 2 N–H and O–H groups in total. The molecular weight excluding hydrogens is 360 g/mol. The molecule has 1 atom stereocenters. The molecule has 0 saturated heterocycles. The van der Waals surface area contributed by atoms with Gasteiger partial charge in [0.1, 0.15) is 6.04 Å². The predicted octanol–water partition coefficient (Wildman–Crippen LogP) is 3.96. The molecule has 0 fully saturated rings. The Labute approximate surface area is 172 Å². The summed E-state index contributed by atoms with van der Waals surface area (Å²) in [6.07, 6.45) is 0.429. The van der Waals surface area contributed by atoms with Gasteiger partial charge in [-0.15, -0.1) is 0 Å². The van der Waals surface area contributed by atoms with Gasteiger partial charge in [-0.3, -0.25) is 9.59 Å². The second-order valence-electron chi connectivity index (χ2n) is 7.29. The largest absolute Gasteiger partial charge is 0.350 e. The van der Waals surface area contributed by atoms with Crippen LogP contribution in [0.25, 0.3) is 0 Å². The van der Waals surface area contributed by atoms with Gasteiger partial charge >= 0.3 is 0 Å². The molecule has 2 amide bonds. The molecule has 0 saturated carbocycles. The van der Waals surface area contributed by atoms with Crippen molar-refractivity contribution in [2.75, 3.05) is 0 Å². The van der Waals surface area contributed by atoms with Crippen LogP contribution in [0.4, 0.5) is 0 Å². The van der Waals surface area contributed by atoms with E-state index in [1.807, 2.05) is 80.6 Å². The zero-order chi connectivity index (χ0) is 20.6. The lowest BCUT2D eigenvalue weighted by atomic mass is 10.0. The number of amides is 2. The van der Waals surface area contributed by atoms with Crippen molar-refractivity contribution in [2.24, 2.45) is 0 Å². The maximum atomic E-state index is 12.9. The van der Waals surface area contributed by atoms with Crippen LogP contribution >= 0.6 is 0 Å². The number of hydrogen-bond donors (Lipinski definition) is 2. The second kappa shape index (κ2) is 9.69. The van der Waals surface area contributed by atoms with Crippen LogP contribution in [-0.2, 0) is 17.8 Å². The highest BCUT2D eigenvalue weighted by Gasteiger charge is 2.21. The lowest BCUT2D eigenvalue weighted by Gasteiger charge is -2.19. The minimum Gasteiger partial charge on any atom is -0.350 e. The van der Waals surface area contributed by atoms with Crippen LogP contribution in [0.2, 0.25) is 0 Å². The third kappa shape index (κ3) is 6.04. The summed E-state index contributed by atoms with van der Waals surface area (Å²) in [6, 6.07) is 24.4. The Kier molecular flexibility index (Phi) is 6.80. The maximum Gasteiger partial charge on any atom is 0.251 e. The summed E-state index contributed by atoms with van der Waals surface area (Å²) >= 11 is 0. The average Bonchev–Trinajstić information content (AvgIpc) is 2.74. The van der Waals surface area contributed by atoms with Crippen molar-refractivity contribution in [3.05, 3.63) is 107 Å². The first-order valence-electron chi connectivity index (χ1n) is 9.76. The van der Waals surface area contributed by atoms with Gasteiger partial charge in [-0.1, -0.05) is 77.9 Å². The molecule has 3 rings (SSSR count). The quantitative estimate of drug-likeness (QED) is 0.646. The average molecular weight is 386 g/mol. The van der Waals surface area contributed by atoms with Gasteiger partial charge in [-0.25, -0.2) is 0 Å². The fourth-order valence-electron chi connectivity index (χ4n) is 3.02. The Hall–Kier alpha value is -3.40. The molecule has 1 unspecified atom stereocenters. The number of nitrogens with one attached hydrogen (secondary N) is 2. The molecule has 0 aliphatic rings. The van der Waals surface area contributed by atoms with Gasteiger partial charge in [0.05, 0.1) is 0 Å². The molecule has 0 spiro atoms. The third-order valence-corrected chi connectivity index (χ3v) is 4.81. The van der Waals surface area contributed by atoms with Crippen LogP contribution in [0, 0.1) is 13.8 Å². The van der Waals surface area contributed by atoms with E-state index in [4.69, 9.17) is 0 Å². The molecule has 0 aromatic heterocycles. The first-order valence-corrected chi connectivity index (χ1v) is 9.76. The molecule has 0 bridgehead atoms. The SMILES string of the molecule is Cc1ccc(CNC(=O)C(Cc2ccccc2)NC(=O)c2ccc(C)cc2)cc1. The minimum atomic E-state index is -0.656. The standard InChI is InChI=1S/C25H26N2O2/c1-18-8-12-21(13-9-18)17-26-25(29)23(16-20-6-4-3-5-7-20)27-24(28)22-14-10-19(2)11-15-22/h3-15,23H,16-17H2,1-2H3,(H,26,29)(H,27,28). The van der Waals surface area contributed by atoms with Gasteiger partial charge in [-0.2, -0.15) is 0 Å². The number of carbonyl (C=O) groups is 2. The molecule has 3 aromatic rings. The molecule has 3 aromatic carbocycles. The molecule has 0 heterocycles. The van der Waals surface area contributed by atoms with Gasteiger partial charge < -0.3 is 10.6 Å². The van der Waals surface area contributed by atoms with Crippen LogP contribution in [-0.4, -0.2) is 17.9 Å². The van der Waals surface area contributed by atoms with Crippen molar-refractivity contribution in [1.82, 2.24) is 10.6 Å². The summed E-state index contributed by atoms with van der Waals surface area (Å²) in [5.41, 5.74) is 4.81. The molecule has 4 nitrogen and oxygen atoms in total. The van der Waals surface area contributed by atoms with E-state index in [-0.39, 0.29) is 11.8 Å². The number of carbonyl (C=O) groups excluding carboxylic acids is 2. The lowest BCUT2D eigenvalue weighted by Crippen LogP contribution is -2.47. The van der Waals surface area contributed by atoms with E-state index in [9.17, 15) is 9.59 Å². The van der Waals surface area contributed by atoms with Gasteiger partial charge in [0.15, 0.2) is 0 Å². The van der Waals surface area contributed by atoms with Crippen molar-refractivity contribution < 1.29 is 9.59 Å². The van der Waals surface area contributed by atoms with E-state index in [0.29, 0.717) is 18.5 Å². The minimum absolute atomic E-state index is 0.199. The first-order chi connectivity index (χ1) is 14.0. The summed E-state index contributed by atoms with van der Waals surface area (Å²) in [6.45, 7) is 4.42. The van der Waals surface area contributed by atoms with E-state index in [0.717, 1.165) is 16.7 Å². The number of benzene rings is 3. The Morgan fingerprint density at radius 1 is 0.759 bits per heavy atom. The van der Waals surface area contributed by atoms with E-state index in [1.54, 1.807) is 12.1 Å². The fourth-order valence-corrected chi connectivity index (χ4v) is 3.02. The Morgan fingerprint density at radius 3 is 1.97 bits per heavy atom. The third-order valence-electron chi connectivity index (χ3n) is 4.81. The van der Waals surface area contributed by atoms with Crippen LogP contribution in [0.5, 0.6) is 0 Å². The van der Waals surface area contributed by atoms with Crippen molar-refractivity contribution >= 4 is 11.8 Å². The number of hydrogen-bond acceptors (Lipinski definition) is 2. The molecule has 4 heteroatoms. The Bertz CT molecular complexity index is 948. The maximum absolute atomic E-state index is 12.9. The first kappa shape index (κ1) is 20.3. The highest BCUT2D eigenvalue weighted by Crippen LogP contribution is 2.08. The van der Waals surface area contributed by atoms with Crippen molar-refractivity contribution in [3.8, 4) is 0 Å². The van der Waals surface area contributed by atoms with E-state index >= 15 is 0 Å². The van der Waals surface area contributed by atoms with Crippen molar-refractivity contribution in [3.63, 3.8) is 0 Å². The monoisotopic (exact) mass is 386 g/mol. The summed E-state index contributed by atoms with van der Waals surface area (Å²) < 4.78 is 0. The summed E-state index contributed by atoms with van der Waals surface area (Å²) in [5.74, 6) is -0.452. The van der Waals surface area contributed by atoms with Gasteiger partial charge in [0.25, 0.3) is 5.91 Å². The van der Waals surface area contributed by atoms with E-state index < -0.39 is 6.04 Å². The number of rotatable bonds is 7. The molecule has 0 aliphatic heterocycles. The van der Waals surface area contributed by atoms with Crippen LogP contribution in [0.1, 0.15) is 32.6 Å². The van der Waals surface area contributed by atoms with Crippen molar-refractivity contribution in [2.45, 2.75) is 32.9 Å². The van der Waals surface area contributed by atoms with Crippen LogP contribution in [0.3, 0.4) is 0 Å². The smallest absolute Gasteiger partial charge is 0.251 e. The van der Waals surface area contributed by atoms with Gasteiger partial charge in [0, 0.05) is 18.5 Å². The normalized spacial score (nSPS) is 11.5. The van der Waals surface area contributed by atoms with Crippen LogP contribution in [0.15, 0.2) is 78.9 Å². The Morgan fingerprint density at radius 2 is 1.34 bits per heavy atom. The topological polar surface area (TPSA) is 58.2 Å². The summed E-state index contributed by atoms with van der Waals surface area (Å²) in [5, 5.41) is 5.85. The zero-order valence-electron chi connectivity index (χ0n) is 16.8. The zero-order valence-corrected chi connectivity index (χ0v) is 16.8. The molecule has 148 valence electrons. The Balaban J connectivity index is 1.70. The highest BCUT2D eigenvalue weighted by molar-refractivity contribution is 5.97. The van der Waals surface area contributed by atoms with Gasteiger partial charge in [0.2, 0.25) is 5.91 Å². The number of aryl methyl sites for hydroxylation is 2. The van der Waals surface area contributed by atoms with E-state index in [2.05, 4.69) is 10.6 Å². The highest BCUT2D eigenvalue weighted by atomic mass is 16.2. The molecule has 29 heavy (non-hydrogen) atoms. The fraction of sp³-hybridized carbons (Fsp3) is 0.200. The lowest BCUT2D eigenvalue weighted by molar-refractivity contribution is -0.123. The van der Waals surface area contributed by atoms with E-state index in [1.165, 1.54) is 5.56 Å². The molecule has 0 radical (unpaired) electrons. The summed E-state index contributed by atoms with van der Waals surface area (Å²) in [7, 11) is 0. The molecule has 0 aliphatic carbocycles. The molecular formula is C25H26N2O2. The van der Waals surface area contributed by atoms with Crippen LogP contribution < -0.4 is 10.6 Å². The predicted molar refractivity (Wildman–Crippen MR) is 116 cm³/mol. The van der Waals surface area contributed by atoms with Gasteiger partial charge in [-0.05, 0) is 37.1 Å².